The van der Waals surface area contributed by atoms with E-state index in [0.29, 0.717) is 18.8 Å². The molecule has 1 aromatic rings. The number of nitrogens with two attached hydrogens (primary N) is 1. The third kappa shape index (κ3) is 3.91. The highest BCUT2D eigenvalue weighted by Crippen LogP contribution is 2.17. The van der Waals surface area contributed by atoms with Crippen LogP contribution in [-0.4, -0.2) is 42.6 Å². The van der Waals surface area contributed by atoms with Gasteiger partial charge in [-0.3, -0.25) is 9.69 Å². The number of amides is 1. The molecule has 2 unspecified atom stereocenters. The standard InChI is InChI=1S/C14H20FN3O2/c1-9-6-18(7-10(2)20-9)8-14(19)17-13-5-11(16)3-4-12(13)15/h3-5,9-10H,6-8,16H2,1-2H3,(H,17,19). The molecule has 3 N–H and O–H groups in total. The van der Waals surface area contributed by atoms with Crippen LogP contribution >= 0.6 is 0 Å². The summed E-state index contributed by atoms with van der Waals surface area (Å²) in [4.78, 5) is 14.0. The summed E-state index contributed by atoms with van der Waals surface area (Å²) in [7, 11) is 0. The third-order valence-corrected chi connectivity index (χ3v) is 3.13. The summed E-state index contributed by atoms with van der Waals surface area (Å²) in [6.45, 7) is 5.54. The molecular formula is C14H20FN3O2. The number of rotatable bonds is 3. The van der Waals surface area contributed by atoms with Crippen LogP contribution in [0.2, 0.25) is 0 Å². The molecule has 1 amide bonds. The molecule has 0 radical (unpaired) electrons. The van der Waals surface area contributed by atoms with Crippen LogP contribution in [0.5, 0.6) is 0 Å². The third-order valence-electron chi connectivity index (χ3n) is 3.13. The van der Waals surface area contributed by atoms with Crippen LogP contribution in [0.3, 0.4) is 0 Å². The molecule has 1 heterocycles. The molecule has 0 bridgehead atoms. The smallest absolute Gasteiger partial charge is 0.238 e. The van der Waals surface area contributed by atoms with Crippen LogP contribution in [0, 0.1) is 5.82 Å². The minimum absolute atomic E-state index is 0.0932. The number of hydrogen-bond acceptors (Lipinski definition) is 4. The number of nitrogen functional groups attached to an aromatic ring is 1. The van der Waals surface area contributed by atoms with Gasteiger partial charge in [0.15, 0.2) is 0 Å². The first-order valence-electron chi connectivity index (χ1n) is 6.66. The second-order valence-electron chi connectivity index (χ2n) is 5.24. The maximum Gasteiger partial charge on any atom is 0.238 e. The zero-order valence-electron chi connectivity index (χ0n) is 11.7. The fraction of sp³-hybridized carbons (Fsp3) is 0.500. The van der Waals surface area contributed by atoms with E-state index in [-0.39, 0.29) is 30.3 Å². The van der Waals surface area contributed by atoms with Crippen molar-refractivity contribution in [3.63, 3.8) is 0 Å². The van der Waals surface area contributed by atoms with E-state index in [1.165, 1.54) is 18.2 Å². The summed E-state index contributed by atoms with van der Waals surface area (Å²) in [5, 5.41) is 2.55. The molecule has 1 aromatic carbocycles. The van der Waals surface area contributed by atoms with E-state index in [9.17, 15) is 9.18 Å². The minimum Gasteiger partial charge on any atom is -0.399 e. The highest BCUT2D eigenvalue weighted by Gasteiger charge is 2.23. The molecule has 2 atom stereocenters. The molecule has 110 valence electrons. The zero-order chi connectivity index (χ0) is 14.7. The van der Waals surface area contributed by atoms with Gasteiger partial charge in [0, 0.05) is 18.8 Å². The van der Waals surface area contributed by atoms with Gasteiger partial charge in [0.1, 0.15) is 5.82 Å². The predicted molar refractivity (Wildman–Crippen MR) is 75.9 cm³/mol. The van der Waals surface area contributed by atoms with Gasteiger partial charge < -0.3 is 15.8 Å². The summed E-state index contributed by atoms with van der Waals surface area (Å²) in [5.41, 5.74) is 6.11. The Morgan fingerprint density at radius 1 is 1.45 bits per heavy atom. The van der Waals surface area contributed by atoms with Crippen LogP contribution in [0.15, 0.2) is 18.2 Å². The summed E-state index contributed by atoms with van der Waals surface area (Å²) in [6, 6.07) is 4.11. The molecule has 0 aliphatic carbocycles. The molecule has 1 saturated heterocycles. The Labute approximate surface area is 117 Å². The van der Waals surface area contributed by atoms with E-state index in [4.69, 9.17) is 10.5 Å². The van der Waals surface area contributed by atoms with Crippen molar-refractivity contribution >= 4 is 17.3 Å². The van der Waals surface area contributed by atoms with Gasteiger partial charge in [-0.1, -0.05) is 0 Å². The summed E-state index contributed by atoms with van der Waals surface area (Å²) >= 11 is 0. The Kier molecular flexibility index (Phi) is 4.57. The van der Waals surface area contributed by atoms with Gasteiger partial charge in [0.25, 0.3) is 0 Å². The Hall–Kier alpha value is -1.66. The Morgan fingerprint density at radius 3 is 2.75 bits per heavy atom. The van der Waals surface area contributed by atoms with Gasteiger partial charge in [0.2, 0.25) is 5.91 Å². The zero-order valence-corrected chi connectivity index (χ0v) is 11.7. The lowest BCUT2D eigenvalue weighted by Crippen LogP contribution is -2.48. The predicted octanol–water partition coefficient (Wildman–Crippen LogP) is 1.46. The Bertz CT molecular complexity index is 485. The van der Waals surface area contributed by atoms with Gasteiger partial charge in [0.05, 0.1) is 24.4 Å². The second kappa shape index (κ2) is 6.19. The molecule has 20 heavy (non-hydrogen) atoms. The largest absolute Gasteiger partial charge is 0.399 e. The molecule has 0 saturated carbocycles. The molecular weight excluding hydrogens is 261 g/mol. The normalized spacial score (nSPS) is 23.6. The number of benzene rings is 1. The molecule has 6 heteroatoms. The van der Waals surface area contributed by atoms with E-state index < -0.39 is 5.82 Å². The van der Waals surface area contributed by atoms with E-state index >= 15 is 0 Å². The molecule has 1 aliphatic heterocycles. The van der Waals surface area contributed by atoms with Gasteiger partial charge in [-0.15, -0.1) is 0 Å². The fourth-order valence-corrected chi connectivity index (χ4v) is 2.44. The lowest BCUT2D eigenvalue weighted by atomic mass is 10.2. The first-order chi connectivity index (χ1) is 9.44. The van der Waals surface area contributed by atoms with Crippen molar-refractivity contribution in [3.8, 4) is 0 Å². The number of hydrogen-bond donors (Lipinski definition) is 2. The van der Waals surface area contributed by atoms with Crippen LogP contribution in [-0.2, 0) is 9.53 Å². The molecule has 1 aliphatic rings. The molecule has 0 spiro atoms. The number of nitrogens with one attached hydrogen (secondary N) is 1. The molecule has 2 rings (SSSR count). The number of halogens is 1. The van der Waals surface area contributed by atoms with Crippen LogP contribution in [0.1, 0.15) is 13.8 Å². The van der Waals surface area contributed by atoms with E-state index in [2.05, 4.69) is 5.32 Å². The topological polar surface area (TPSA) is 67.6 Å². The highest BCUT2D eigenvalue weighted by molar-refractivity contribution is 5.92. The van der Waals surface area contributed by atoms with E-state index in [1.54, 1.807) is 0 Å². The Morgan fingerprint density at radius 2 is 2.10 bits per heavy atom. The van der Waals surface area contributed by atoms with Crippen molar-refractivity contribution in [2.75, 3.05) is 30.7 Å². The lowest BCUT2D eigenvalue weighted by Gasteiger charge is -2.34. The summed E-state index contributed by atoms with van der Waals surface area (Å²) in [6.07, 6.45) is 0.186. The number of anilines is 2. The second-order valence-corrected chi connectivity index (χ2v) is 5.24. The van der Waals surface area contributed by atoms with Crippen molar-refractivity contribution in [1.29, 1.82) is 0 Å². The van der Waals surface area contributed by atoms with Gasteiger partial charge in [-0.2, -0.15) is 0 Å². The summed E-state index contributed by atoms with van der Waals surface area (Å²) < 4.78 is 19.1. The van der Waals surface area contributed by atoms with Gasteiger partial charge in [-0.25, -0.2) is 4.39 Å². The van der Waals surface area contributed by atoms with Crippen molar-refractivity contribution in [2.45, 2.75) is 26.1 Å². The fourth-order valence-electron chi connectivity index (χ4n) is 2.44. The maximum atomic E-state index is 13.5. The minimum atomic E-state index is -0.490. The number of nitrogens with zero attached hydrogens (tertiary/aromatic N) is 1. The maximum absolute atomic E-state index is 13.5. The van der Waals surface area contributed by atoms with Crippen LogP contribution < -0.4 is 11.1 Å². The summed E-state index contributed by atoms with van der Waals surface area (Å²) in [5.74, 6) is -0.743. The average Bonchev–Trinajstić information content (AvgIpc) is 2.32. The first kappa shape index (κ1) is 14.7. The molecule has 0 aromatic heterocycles. The number of carbonyl (C=O) groups is 1. The van der Waals surface area contributed by atoms with E-state index in [0.717, 1.165) is 0 Å². The van der Waals surface area contributed by atoms with Crippen molar-refractivity contribution in [1.82, 2.24) is 4.90 Å². The van der Waals surface area contributed by atoms with Gasteiger partial charge in [-0.05, 0) is 32.0 Å². The number of morpholine rings is 1. The molecule has 5 nitrogen and oxygen atoms in total. The molecule has 1 fully saturated rings. The monoisotopic (exact) mass is 281 g/mol. The lowest BCUT2D eigenvalue weighted by molar-refractivity contribution is -0.121. The average molecular weight is 281 g/mol. The first-order valence-corrected chi connectivity index (χ1v) is 6.66. The SMILES string of the molecule is CC1CN(CC(=O)Nc2cc(N)ccc2F)CC(C)O1. The van der Waals surface area contributed by atoms with Crippen LogP contribution in [0.25, 0.3) is 0 Å². The van der Waals surface area contributed by atoms with Crippen molar-refractivity contribution < 1.29 is 13.9 Å². The van der Waals surface area contributed by atoms with E-state index in [1.807, 2.05) is 18.7 Å². The van der Waals surface area contributed by atoms with Crippen molar-refractivity contribution in [2.24, 2.45) is 0 Å². The van der Waals surface area contributed by atoms with Crippen LogP contribution in [0.4, 0.5) is 15.8 Å². The van der Waals surface area contributed by atoms with Crippen molar-refractivity contribution in [3.05, 3.63) is 24.0 Å². The van der Waals surface area contributed by atoms with Gasteiger partial charge >= 0.3 is 0 Å². The number of carbonyl (C=O) groups excluding carboxylic acids is 1. The Balaban J connectivity index is 1.93. The highest BCUT2D eigenvalue weighted by atomic mass is 19.1. The quantitative estimate of drug-likeness (QED) is 0.823. The number of ether oxygens (including phenoxy) is 1.